The van der Waals surface area contributed by atoms with Crippen molar-refractivity contribution in [3.63, 3.8) is 0 Å². The quantitative estimate of drug-likeness (QED) is 0.801. The zero-order valence-corrected chi connectivity index (χ0v) is 10.8. The first-order chi connectivity index (χ1) is 8.29. The van der Waals surface area contributed by atoms with Crippen molar-refractivity contribution < 1.29 is 9.53 Å². The molecule has 1 saturated heterocycles. The highest BCUT2D eigenvalue weighted by atomic mass is 16.5. The summed E-state index contributed by atoms with van der Waals surface area (Å²) < 4.78 is 6.09. The number of ether oxygens (including phenoxy) is 1. The van der Waals surface area contributed by atoms with Crippen LogP contribution in [0.4, 0.5) is 0 Å². The molecule has 0 radical (unpaired) electrons. The van der Waals surface area contributed by atoms with Gasteiger partial charge in [-0.25, -0.2) is 0 Å². The summed E-state index contributed by atoms with van der Waals surface area (Å²) in [5.41, 5.74) is 0. The summed E-state index contributed by atoms with van der Waals surface area (Å²) >= 11 is 0. The summed E-state index contributed by atoms with van der Waals surface area (Å²) in [6.07, 6.45) is 8.01. The topological polar surface area (TPSA) is 41.6 Å². The molecule has 1 N–H and O–H groups in total. The fraction of sp³-hybridized carbons (Fsp3) is 0.923. The van der Waals surface area contributed by atoms with Gasteiger partial charge in [-0.05, 0) is 32.7 Å². The van der Waals surface area contributed by atoms with Gasteiger partial charge in [0.1, 0.15) is 0 Å². The van der Waals surface area contributed by atoms with Gasteiger partial charge in [0.25, 0.3) is 0 Å². The second-order valence-electron chi connectivity index (χ2n) is 5.15. The average Bonchev–Trinajstić information content (AvgIpc) is 2.83. The molecule has 98 valence electrons. The smallest absolute Gasteiger partial charge is 0.236 e. The van der Waals surface area contributed by atoms with Gasteiger partial charge in [-0.3, -0.25) is 4.79 Å². The number of carbonyl (C=O) groups excluding carboxylic acids is 1. The number of piperidine rings is 1. The monoisotopic (exact) mass is 240 g/mol. The Morgan fingerprint density at radius 2 is 1.76 bits per heavy atom. The lowest BCUT2D eigenvalue weighted by atomic mass is 10.1. The first-order valence-electron chi connectivity index (χ1n) is 6.87. The fourth-order valence-electron chi connectivity index (χ4n) is 2.80. The van der Waals surface area contributed by atoms with Crippen LogP contribution < -0.4 is 5.32 Å². The molecule has 0 bridgehead atoms. The number of rotatable bonds is 4. The largest absolute Gasteiger partial charge is 0.375 e. The molecule has 0 aromatic rings. The Labute approximate surface area is 104 Å². The zero-order chi connectivity index (χ0) is 12.1. The summed E-state index contributed by atoms with van der Waals surface area (Å²) in [4.78, 5) is 13.6. The average molecular weight is 240 g/mol. The van der Waals surface area contributed by atoms with Crippen LogP contribution in [0.15, 0.2) is 0 Å². The number of hydrogen-bond donors (Lipinski definition) is 1. The molecule has 17 heavy (non-hydrogen) atoms. The van der Waals surface area contributed by atoms with Gasteiger partial charge in [-0.15, -0.1) is 0 Å². The number of amides is 1. The molecule has 1 aliphatic heterocycles. The van der Waals surface area contributed by atoms with Crippen molar-refractivity contribution in [2.24, 2.45) is 0 Å². The molecule has 0 aromatic heterocycles. The molecule has 0 unspecified atom stereocenters. The summed E-state index contributed by atoms with van der Waals surface area (Å²) in [7, 11) is 1.81. The van der Waals surface area contributed by atoms with Crippen LogP contribution in [0, 0.1) is 0 Å². The Morgan fingerprint density at radius 1 is 1.18 bits per heavy atom. The molecule has 2 aliphatic rings. The number of likely N-dealkylation sites (N-methyl/N-ethyl adjacent to an activating group) is 1. The normalized spacial score (nSPS) is 23.2. The number of hydrogen-bond acceptors (Lipinski definition) is 3. The molecule has 4 heteroatoms. The molecule has 1 aliphatic carbocycles. The molecule has 1 heterocycles. The molecule has 1 amide bonds. The molecule has 1 saturated carbocycles. The fourth-order valence-corrected chi connectivity index (χ4v) is 2.80. The zero-order valence-electron chi connectivity index (χ0n) is 10.8. The lowest BCUT2D eigenvalue weighted by Crippen LogP contribution is -2.44. The van der Waals surface area contributed by atoms with Crippen molar-refractivity contribution in [1.82, 2.24) is 10.2 Å². The van der Waals surface area contributed by atoms with E-state index in [1.807, 2.05) is 11.9 Å². The van der Waals surface area contributed by atoms with Gasteiger partial charge < -0.3 is 15.0 Å². The Balaban J connectivity index is 1.68. The van der Waals surface area contributed by atoms with Crippen LogP contribution in [0.1, 0.15) is 38.5 Å². The minimum absolute atomic E-state index is 0.215. The van der Waals surface area contributed by atoms with Crippen LogP contribution in [0.25, 0.3) is 0 Å². The van der Waals surface area contributed by atoms with Crippen molar-refractivity contribution in [1.29, 1.82) is 0 Å². The molecule has 0 spiro atoms. The van der Waals surface area contributed by atoms with E-state index >= 15 is 0 Å². The molecule has 4 nitrogen and oxygen atoms in total. The van der Waals surface area contributed by atoms with Crippen molar-refractivity contribution in [2.75, 3.05) is 26.7 Å². The highest BCUT2D eigenvalue weighted by Crippen LogP contribution is 2.25. The third kappa shape index (κ3) is 3.68. The third-order valence-electron chi connectivity index (χ3n) is 3.81. The number of nitrogens with one attached hydrogen (secondary N) is 1. The van der Waals surface area contributed by atoms with E-state index in [-0.39, 0.29) is 5.91 Å². The minimum atomic E-state index is 0.215. The molecule has 0 aromatic carbocycles. The van der Waals surface area contributed by atoms with Gasteiger partial charge in [0, 0.05) is 13.1 Å². The lowest BCUT2D eigenvalue weighted by molar-refractivity contribution is -0.133. The van der Waals surface area contributed by atoms with Gasteiger partial charge in [0.2, 0.25) is 5.91 Å². The third-order valence-corrected chi connectivity index (χ3v) is 3.81. The first kappa shape index (κ1) is 12.8. The summed E-state index contributed by atoms with van der Waals surface area (Å²) in [6, 6.07) is 0. The van der Waals surface area contributed by atoms with Crippen LogP contribution in [0.2, 0.25) is 0 Å². The maximum Gasteiger partial charge on any atom is 0.236 e. The second kappa shape index (κ2) is 6.36. The van der Waals surface area contributed by atoms with Crippen molar-refractivity contribution in [3.8, 4) is 0 Å². The molecule has 0 atom stereocenters. The number of nitrogens with zero attached hydrogens (tertiary/aromatic N) is 1. The number of likely N-dealkylation sites (tertiary alicyclic amines) is 1. The van der Waals surface area contributed by atoms with E-state index in [0.717, 1.165) is 25.9 Å². The van der Waals surface area contributed by atoms with Crippen LogP contribution in [0.5, 0.6) is 0 Å². The van der Waals surface area contributed by atoms with E-state index in [1.165, 1.54) is 25.7 Å². The van der Waals surface area contributed by atoms with Crippen LogP contribution >= 0.6 is 0 Å². The van der Waals surface area contributed by atoms with Gasteiger partial charge in [-0.2, -0.15) is 0 Å². The van der Waals surface area contributed by atoms with Gasteiger partial charge in [0.15, 0.2) is 0 Å². The Kier molecular flexibility index (Phi) is 4.80. The molecular formula is C13H24N2O2. The van der Waals surface area contributed by atoms with Crippen LogP contribution in [-0.2, 0) is 9.53 Å². The predicted molar refractivity (Wildman–Crippen MR) is 66.9 cm³/mol. The summed E-state index contributed by atoms with van der Waals surface area (Å²) in [6.45, 7) is 2.17. The van der Waals surface area contributed by atoms with Gasteiger partial charge in [-0.1, -0.05) is 12.8 Å². The second-order valence-corrected chi connectivity index (χ2v) is 5.15. The summed E-state index contributed by atoms with van der Waals surface area (Å²) in [5.74, 6) is 0.215. The Hall–Kier alpha value is -0.610. The maximum atomic E-state index is 11.7. The van der Waals surface area contributed by atoms with Crippen LogP contribution in [-0.4, -0.2) is 49.7 Å². The first-order valence-corrected chi connectivity index (χ1v) is 6.87. The molecular weight excluding hydrogens is 216 g/mol. The van der Waals surface area contributed by atoms with Crippen LogP contribution in [0.3, 0.4) is 0 Å². The standard InChI is InChI=1S/C13H24N2O2/c1-14-10-13(16)15-8-6-12(7-9-15)17-11-4-2-3-5-11/h11-12,14H,2-10H2,1H3. The van der Waals surface area contributed by atoms with E-state index in [2.05, 4.69) is 5.32 Å². The predicted octanol–water partition coefficient (Wildman–Crippen LogP) is 1.16. The van der Waals surface area contributed by atoms with E-state index in [4.69, 9.17) is 4.74 Å². The summed E-state index contributed by atoms with van der Waals surface area (Å²) in [5, 5.41) is 2.91. The molecule has 2 rings (SSSR count). The van der Waals surface area contributed by atoms with Gasteiger partial charge >= 0.3 is 0 Å². The van der Waals surface area contributed by atoms with Crippen molar-refractivity contribution >= 4 is 5.91 Å². The van der Waals surface area contributed by atoms with E-state index in [9.17, 15) is 4.79 Å². The highest BCUT2D eigenvalue weighted by Gasteiger charge is 2.26. The Morgan fingerprint density at radius 3 is 2.35 bits per heavy atom. The van der Waals surface area contributed by atoms with Crippen molar-refractivity contribution in [2.45, 2.75) is 50.7 Å². The minimum Gasteiger partial charge on any atom is -0.375 e. The van der Waals surface area contributed by atoms with E-state index in [0.29, 0.717) is 18.8 Å². The van der Waals surface area contributed by atoms with E-state index in [1.54, 1.807) is 0 Å². The van der Waals surface area contributed by atoms with Gasteiger partial charge in [0.05, 0.1) is 18.8 Å². The number of carbonyl (C=O) groups is 1. The maximum absolute atomic E-state index is 11.7. The van der Waals surface area contributed by atoms with E-state index < -0.39 is 0 Å². The molecule has 2 fully saturated rings. The Bertz CT molecular complexity index is 244. The van der Waals surface area contributed by atoms with Crippen molar-refractivity contribution in [3.05, 3.63) is 0 Å². The SMILES string of the molecule is CNCC(=O)N1CCC(OC2CCCC2)CC1. The highest BCUT2D eigenvalue weighted by molar-refractivity contribution is 5.78. The lowest BCUT2D eigenvalue weighted by Gasteiger charge is -2.33.